The minimum absolute atomic E-state index is 0.100. The van der Waals surface area contributed by atoms with Gasteiger partial charge in [0.25, 0.3) is 11.4 Å². The number of unbranched alkanes of at least 4 members (excludes halogenated alkanes) is 2. The Morgan fingerprint density at radius 3 is 2.77 bits per heavy atom. The number of nitrogens with zero attached hydrogens (tertiary/aromatic N) is 5. The number of H-pyrrole nitrogens is 1. The Morgan fingerprint density at radius 1 is 1.17 bits per heavy atom. The molecule has 0 spiro atoms. The Kier molecular flexibility index (Phi) is 6.14. The third kappa shape index (κ3) is 4.10. The number of hydrogen-bond acceptors (Lipinski definition) is 7. The molecule has 9 nitrogen and oxygen atoms in total. The van der Waals surface area contributed by atoms with Crippen LogP contribution in [0.15, 0.2) is 31.6 Å². The van der Waals surface area contributed by atoms with E-state index in [0.717, 1.165) is 17.7 Å². The van der Waals surface area contributed by atoms with E-state index in [1.54, 1.807) is 0 Å². The van der Waals surface area contributed by atoms with Crippen molar-refractivity contribution in [1.29, 1.82) is 0 Å². The summed E-state index contributed by atoms with van der Waals surface area (Å²) in [5, 5.41) is 6.05. The van der Waals surface area contributed by atoms with Crippen molar-refractivity contribution >= 4 is 34.1 Å². The first-order chi connectivity index (χ1) is 14.6. The standard InChI is InChI=1S/C19H21ClN6O3S/c1-2-3-9-25-15-14(22-18(20)23-15)17(27)26(19(25)28)10-5-4-8-13-21-16(29-24-13)12-7-6-11-30-12/h6-7,11H,2-5,8-10H2,1H3,(H,22,23). The fourth-order valence-corrected chi connectivity index (χ4v) is 4.08. The van der Waals surface area contributed by atoms with Gasteiger partial charge in [0.15, 0.2) is 17.0 Å². The van der Waals surface area contributed by atoms with Gasteiger partial charge in [-0.05, 0) is 42.3 Å². The van der Waals surface area contributed by atoms with Crippen molar-refractivity contribution in [3.05, 3.63) is 49.5 Å². The van der Waals surface area contributed by atoms with E-state index in [2.05, 4.69) is 20.1 Å². The van der Waals surface area contributed by atoms with Gasteiger partial charge in [-0.25, -0.2) is 4.79 Å². The number of thiophene rings is 1. The molecule has 0 aliphatic carbocycles. The number of fused-ring (bicyclic) bond motifs is 1. The predicted octanol–water partition coefficient (Wildman–Crippen LogP) is 3.47. The van der Waals surface area contributed by atoms with Crippen molar-refractivity contribution in [3.63, 3.8) is 0 Å². The van der Waals surface area contributed by atoms with Gasteiger partial charge in [-0.3, -0.25) is 13.9 Å². The third-order valence-electron chi connectivity index (χ3n) is 4.80. The largest absolute Gasteiger partial charge is 0.333 e. The van der Waals surface area contributed by atoms with E-state index in [9.17, 15) is 9.59 Å². The average Bonchev–Trinajstić information content (AvgIpc) is 3.47. The van der Waals surface area contributed by atoms with Gasteiger partial charge in [-0.2, -0.15) is 9.97 Å². The van der Waals surface area contributed by atoms with Crippen molar-refractivity contribution in [2.24, 2.45) is 0 Å². The number of hydrogen-bond donors (Lipinski definition) is 1. The molecule has 0 saturated carbocycles. The maximum atomic E-state index is 12.9. The van der Waals surface area contributed by atoms with E-state index in [1.807, 2.05) is 24.4 Å². The van der Waals surface area contributed by atoms with Gasteiger partial charge in [0.1, 0.15) is 0 Å². The first-order valence-electron chi connectivity index (χ1n) is 9.83. The van der Waals surface area contributed by atoms with Crippen LogP contribution in [0.25, 0.3) is 21.9 Å². The number of aryl methyl sites for hydroxylation is 2. The molecule has 0 aliphatic heterocycles. The highest BCUT2D eigenvalue weighted by molar-refractivity contribution is 7.13. The number of aromatic nitrogens is 6. The van der Waals surface area contributed by atoms with Gasteiger partial charge in [0.05, 0.1) is 4.88 Å². The van der Waals surface area contributed by atoms with Crippen LogP contribution in [0.2, 0.25) is 5.28 Å². The normalized spacial score (nSPS) is 11.5. The minimum atomic E-state index is -0.401. The van der Waals surface area contributed by atoms with Crippen LogP contribution in [-0.4, -0.2) is 29.2 Å². The van der Waals surface area contributed by atoms with Crippen LogP contribution in [-0.2, 0) is 19.5 Å². The van der Waals surface area contributed by atoms with E-state index in [-0.39, 0.29) is 16.5 Å². The van der Waals surface area contributed by atoms with Crippen LogP contribution >= 0.6 is 22.9 Å². The van der Waals surface area contributed by atoms with Crippen LogP contribution in [0.5, 0.6) is 0 Å². The lowest BCUT2D eigenvalue weighted by Crippen LogP contribution is -2.40. The van der Waals surface area contributed by atoms with Gasteiger partial charge in [0, 0.05) is 19.5 Å². The molecule has 0 saturated heterocycles. The molecule has 0 aliphatic rings. The minimum Gasteiger partial charge on any atom is -0.333 e. The Bertz CT molecular complexity index is 1250. The summed E-state index contributed by atoms with van der Waals surface area (Å²) in [4.78, 5) is 37.9. The van der Waals surface area contributed by atoms with Crippen LogP contribution in [0, 0.1) is 0 Å². The highest BCUT2D eigenvalue weighted by Gasteiger charge is 2.17. The SMILES string of the molecule is CCCCn1c(=O)n(CCCCc2noc(-c3cccs3)n2)c(=O)c2[nH]c(Cl)nc21. The Balaban J connectivity index is 1.47. The number of nitrogens with one attached hydrogen (secondary N) is 1. The highest BCUT2D eigenvalue weighted by atomic mass is 35.5. The van der Waals surface area contributed by atoms with Crippen LogP contribution < -0.4 is 11.2 Å². The fourth-order valence-electron chi connectivity index (χ4n) is 3.26. The lowest BCUT2D eigenvalue weighted by atomic mass is 10.2. The van der Waals surface area contributed by atoms with Gasteiger partial charge in [0.2, 0.25) is 5.28 Å². The van der Waals surface area contributed by atoms with E-state index in [0.29, 0.717) is 49.7 Å². The smallest absolute Gasteiger partial charge is 0.332 e. The first kappa shape index (κ1) is 20.5. The zero-order chi connectivity index (χ0) is 21.1. The summed E-state index contributed by atoms with van der Waals surface area (Å²) < 4.78 is 8.06. The summed E-state index contributed by atoms with van der Waals surface area (Å²) in [6.45, 7) is 2.82. The summed E-state index contributed by atoms with van der Waals surface area (Å²) >= 11 is 7.49. The van der Waals surface area contributed by atoms with Gasteiger partial charge in [-0.1, -0.05) is 24.6 Å². The van der Waals surface area contributed by atoms with Crippen LogP contribution in [0.3, 0.4) is 0 Å². The second-order valence-corrected chi connectivity index (χ2v) is 8.23. The highest BCUT2D eigenvalue weighted by Crippen LogP contribution is 2.22. The lowest BCUT2D eigenvalue weighted by molar-refractivity contribution is 0.421. The summed E-state index contributed by atoms with van der Waals surface area (Å²) in [7, 11) is 0. The number of rotatable bonds is 9. The number of aromatic amines is 1. The van der Waals surface area contributed by atoms with Gasteiger partial charge < -0.3 is 9.51 Å². The first-order valence-corrected chi connectivity index (χ1v) is 11.1. The molecule has 158 valence electrons. The average molecular weight is 449 g/mol. The molecule has 0 aromatic carbocycles. The van der Waals surface area contributed by atoms with Gasteiger partial charge >= 0.3 is 5.69 Å². The molecule has 1 N–H and O–H groups in total. The summed E-state index contributed by atoms with van der Waals surface area (Å²) in [6.07, 6.45) is 3.67. The summed E-state index contributed by atoms with van der Waals surface area (Å²) in [6, 6.07) is 3.86. The maximum Gasteiger partial charge on any atom is 0.332 e. The number of halogens is 1. The topological polar surface area (TPSA) is 112 Å². The Morgan fingerprint density at radius 2 is 2.00 bits per heavy atom. The summed E-state index contributed by atoms with van der Waals surface area (Å²) in [5.74, 6) is 1.12. The molecule has 4 aromatic rings. The molecular weight excluding hydrogens is 428 g/mol. The van der Waals surface area contributed by atoms with Crippen molar-refractivity contribution in [1.82, 2.24) is 29.2 Å². The molecule has 11 heteroatoms. The monoisotopic (exact) mass is 448 g/mol. The van der Waals surface area contributed by atoms with Crippen molar-refractivity contribution in [3.8, 4) is 10.8 Å². The second kappa shape index (κ2) is 8.97. The molecule has 0 unspecified atom stereocenters. The van der Waals surface area contributed by atoms with Crippen molar-refractivity contribution in [2.45, 2.75) is 52.1 Å². The molecule has 4 heterocycles. The third-order valence-corrected chi connectivity index (χ3v) is 5.84. The molecule has 0 atom stereocenters. The number of imidazole rings is 1. The van der Waals surface area contributed by atoms with E-state index in [1.165, 1.54) is 20.5 Å². The summed E-state index contributed by atoms with van der Waals surface area (Å²) in [5.41, 5.74) is -0.188. The lowest BCUT2D eigenvalue weighted by Gasteiger charge is -2.10. The molecule has 4 aromatic heterocycles. The van der Waals surface area contributed by atoms with E-state index in [4.69, 9.17) is 16.1 Å². The molecule has 4 rings (SSSR count). The molecule has 0 fully saturated rings. The molecule has 30 heavy (non-hydrogen) atoms. The van der Waals surface area contributed by atoms with Gasteiger partial charge in [-0.15, -0.1) is 11.3 Å². The van der Waals surface area contributed by atoms with Crippen molar-refractivity contribution < 1.29 is 4.52 Å². The maximum absolute atomic E-state index is 12.9. The molecular formula is C19H21ClN6O3S. The second-order valence-electron chi connectivity index (χ2n) is 6.92. The van der Waals surface area contributed by atoms with Crippen molar-refractivity contribution in [2.75, 3.05) is 0 Å². The van der Waals surface area contributed by atoms with Crippen LogP contribution in [0.4, 0.5) is 0 Å². The Hall–Kier alpha value is -2.72. The molecule has 0 radical (unpaired) electrons. The zero-order valence-corrected chi connectivity index (χ0v) is 18.0. The Labute approximate surface area is 180 Å². The van der Waals surface area contributed by atoms with E-state index < -0.39 is 5.56 Å². The fraction of sp³-hybridized carbons (Fsp3) is 0.421. The predicted molar refractivity (Wildman–Crippen MR) is 115 cm³/mol. The quantitative estimate of drug-likeness (QED) is 0.310. The van der Waals surface area contributed by atoms with Crippen LogP contribution in [0.1, 0.15) is 38.4 Å². The zero-order valence-electron chi connectivity index (χ0n) is 16.4. The van der Waals surface area contributed by atoms with E-state index >= 15 is 0 Å². The molecule has 0 amide bonds. The molecule has 0 bridgehead atoms.